The van der Waals surface area contributed by atoms with Gasteiger partial charge in [-0.25, -0.2) is 13.6 Å². The minimum atomic E-state index is -1.16. The molecular formula is C28H25Cl2F2NO4. The summed E-state index contributed by atoms with van der Waals surface area (Å²) < 4.78 is 34.4. The van der Waals surface area contributed by atoms with Crippen molar-refractivity contribution in [3.05, 3.63) is 105 Å². The summed E-state index contributed by atoms with van der Waals surface area (Å²) >= 11 is 12.0. The first kappa shape index (κ1) is 27.0. The lowest BCUT2D eigenvalue weighted by atomic mass is 9.88. The third-order valence-corrected chi connectivity index (χ3v) is 6.99. The first-order chi connectivity index (χ1) is 17.7. The van der Waals surface area contributed by atoms with Crippen molar-refractivity contribution in [1.82, 2.24) is 4.90 Å². The molecule has 1 heterocycles. The number of carboxylic acid groups (broad SMARTS) is 1. The van der Waals surface area contributed by atoms with Crippen LogP contribution in [0.1, 0.15) is 48.6 Å². The zero-order valence-corrected chi connectivity index (χ0v) is 21.4. The van der Waals surface area contributed by atoms with Crippen LogP contribution in [0, 0.1) is 11.6 Å². The van der Waals surface area contributed by atoms with E-state index in [9.17, 15) is 23.5 Å². The predicted octanol–water partition coefficient (Wildman–Crippen LogP) is 6.78. The van der Waals surface area contributed by atoms with E-state index in [4.69, 9.17) is 27.9 Å². The second-order valence-electron chi connectivity index (χ2n) is 8.93. The molecule has 1 N–H and O–H groups in total. The standard InChI is InChI=1S/C28H25Cl2F2NO4/c1-2-3-23(28(35)36)33-25(17-6-9-19(29)10-7-17)26(18-8-13-21(30)22(32)15-18)37-24(27(33)34)14-16-4-11-20(31)12-5-16/h4-13,15,23-26H,2-3,14H2,1H3,(H,35,36). The maximum absolute atomic E-state index is 14.6. The fraction of sp³-hybridized carbons (Fsp3) is 0.286. The summed E-state index contributed by atoms with van der Waals surface area (Å²) in [6, 6.07) is 14.5. The molecule has 37 heavy (non-hydrogen) atoms. The average Bonchev–Trinajstić information content (AvgIpc) is 2.87. The predicted molar refractivity (Wildman–Crippen MR) is 136 cm³/mol. The van der Waals surface area contributed by atoms with Gasteiger partial charge in [-0.15, -0.1) is 0 Å². The Labute approximate surface area is 223 Å². The van der Waals surface area contributed by atoms with Gasteiger partial charge in [0.05, 0.1) is 11.1 Å². The number of aliphatic carboxylic acids is 1. The number of nitrogens with zero attached hydrogens (tertiary/aromatic N) is 1. The summed E-state index contributed by atoms with van der Waals surface area (Å²) in [7, 11) is 0. The topological polar surface area (TPSA) is 66.8 Å². The largest absolute Gasteiger partial charge is 0.480 e. The second-order valence-corrected chi connectivity index (χ2v) is 9.78. The van der Waals surface area contributed by atoms with Gasteiger partial charge in [0.1, 0.15) is 29.9 Å². The van der Waals surface area contributed by atoms with Crippen molar-refractivity contribution < 1.29 is 28.2 Å². The first-order valence-electron chi connectivity index (χ1n) is 11.8. The lowest BCUT2D eigenvalue weighted by Crippen LogP contribution is -2.57. The Hall–Kier alpha value is -3.00. The van der Waals surface area contributed by atoms with Gasteiger partial charge >= 0.3 is 5.97 Å². The SMILES string of the molecule is CCCC(C(=O)O)N1C(=O)C(Cc2ccc(F)cc2)OC(c2ccc(Cl)c(F)c2)C1c1ccc(Cl)cc1. The molecule has 0 aromatic heterocycles. The summed E-state index contributed by atoms with van der Waals surface area (Å²) in [6.07, 6.45) is -1.21. The number of benzene rings is 3. The van der Waals surface area contributed by atoms with Gasteiger partial charge in [0.15, 0.2) is 0 Å². The molecule has 0 aliphatic carbocycles. The van der Waals surface area contributed by atoms with E-state index in [2.05, 4.69) is 0 Å². The highest BCUT2D eigenvalue weighted by molar-refractivity contribution is 6.30. The number of rotatable bonds is 8. The molecule has 0 spiro atoms. The number of morpholine rings is 1. The van der Waals surface area contributed by atoms with Crippen molar-refractivity contribution >= 4 is 35.1 Å². The number of carboxylic acids is 1. The van der Waals surface area contributed by atoms with Gasteiger partial charge < -0.3 is 14.7 Å². The molecule has 0 saturated carbocycles. The lowest BCUT2D eigenvalue weighted by Gasteiger charge is -2.47. The molecule has 1 saturated heterocycles. The lowest BCUT2D eigenvalue weighted by molar-refractivity contribution is -0.184. The minimum absolute atomic E-state index is 0.0761. The Bertz CT molecular complexity index is 1270. The van der Waals surface area contributed by atoms with E-state index >= 15 is 0 Å². The Balaban J connectivity index is 1.87. The van der Waals surface area contributed by atoms with Crippen molar-refractivity contribution in [2.24, 2.45) is 0 Å². The fourth-order valence-electron chi connectivity index (χ4n) is 4.68. The van der Waals surface area contributed by atoms with Crippen LogP contribution in [0.25, 0.3) is 0 Å². The smallest absolute Gasteiger partial charge is 0.326 e. The number of carbonyl (C=O) groups excluding carboxylic acids is 1. The zero-order chi connectivity index (χ0) is 26.7. The van der Waals surface area contributed by atoms with Crippen LogP contribution in [-0.2, 0) is 20.7 Å². The number of hydrogen-bond acceptors (Lipinski definition) is 3. The van der Waals surface area contributed by atoms with Crippen LogP contribution in [0.2, 0.25) is 10.0 Å². The minimum Gasteiger partial charge on any atom is -0.480 e. The van der Waals surface area contributed by atoms with E-state index in [-0.39, 0.29) is 17.9 Å². The van der Waals surface area contributed by atoms with Crippen LogP contribution < -0.4 is 0 Å². The van der Waals surface area contributed by atoms with Gasteiger partial charge in [0.2, 0.25) is 0 Å². The Morgan fingerprint density at radius 1 is 1.03 bits per heavy atom. The summed E-state index contributed by atoms with van der Waals surface area (Å²) in [6.45, 7) is 1.83. The Kier molecular flexibility index (Phi) is 8.47. The van der Waals surface area contributed by atoms with E-state index in [0.29, 0.717) is 28.1 Å². The highest BCUT2D eigenvalue weighted by atomic mass is 35.5. The number of halogens is 4. The number of ether oxygens (including phenoxy) is 1. The van der Waals surface area contributed by atoms with E-state index < -0.39 is 47.8 Å². The molecule has 1 aliphatic rings. The molecule has 3 aromatic rings. The molecule has 194 valence electrons. The molecule has 4 atom stereocenters. The van der Waals surface area contributed by atoms with E-state index in [1.54, 1.807) is 42.5 Å². The molecule has 1 fully saturated rings. The molecule has 0 radical (unpaired) electrons. The molecule has 9 heteroatoms. The molecular weight excluding hydrogens is 523 g/mol. The summed E-state index contributed by atoms with van der Waals surface area (Å²) in [5.41, 5.74) is 1.61. The highest BCUT2D eigenvalue weighted by Crippen LogP contribution is 2.44. The number of hydrogen-bond donors (Lipinski definition) is 1. The Morgan fingerprint density at radius 3 is 2.27 bits per heavy atom. The summed E-state index contributed by atoms with van der Waals surface area (Å²) in [5.74, 6) is -2.76. The van der Waals surface area contributed by atoms with Crippen LogP contribution >= 0.6 is 23.2 Å². The van der Waals surface area contributed by atoms with Crippen molar-refractivity contribution in [3.63, 3.8) is 0 Å². The quantitative estimate of drug-likeness (QED) is 0.337. The van der Waals surface area contributed by atoms with Crippen molar-refractivity contribution in [2.45, 2.75) is 50.5 Å². The van der Waals surface area contributed by atoms with E-state index in [1.807, 2.05) is 6.92 Å². The maximum atomic E-state index is 14.6. The van der Waals surface area contributed by atoms with Crippen LogP contribution in [0.5, 0.6) is 0 Å². The maximum Gasteiger partial charge on any atom is 0.326 e. The molecule has 0 bridgehead atoms. The molecule has 1 aliphatic heterocycles. The number of amides is 1. The highest BCUT2D eigenvalue weighted by Gasteiger charge is 2.48. The summed E-state index contributed by atoms with van der Waals surface area (Å²) in [5, 5.41) is 10.5. The third kappa shape index (κ3) is 5.95. The van der Waals surface area contributed by atoms with E-state index in [0.717, 1.165) is 0 Å². The van der Waals surface area contributed by atoms with Gasteiger partial charge in [-0.3, -0.25) is 4.79 Å². The molecule has 5 nitrogen and oxygen atoms in total. The van der Waals surface area contributed by atoms with Crippen molar-refractivity contribution in [1.29, 1.82) is 0 Å². The van der Waals surface area contributed by atoms with Crippen molar-refractivity contribution in [2.75, 3.05) is 0 Å². The van der Waals surface area contributed by atoms with Gasteiger partial charge in [-0.05, 0) is 59.5 Å². The molecule has 3 aromatic carbocycles. The van der Waals surface area contributed by atoms with Gasteiger partial charge in [-0.1, -0.05) is 66.9 Å². The van der Waals surface area contributed by atoms with Crippen LogP contribution in [0.15, 0.2) is 66.7 Å². The number of carbonyl (C=O) groups is 2. The van der Waals surface area contributed by atoms with Crippen LogP contribution in [-0.4, -0.2) is 34.0 Å². The first-order valence-corrected chi connectivity index (χ1v) is 12.6. The van der Waals surface area contributed by atoms with Gasteiger partial charge in [0, 0.05) is 11.4 Å². The average molecular weight is 548 g/mol. The summed E-state index contributed by atoms with van der Waals surface area (Å²) in [4.78, 5) is 27.7. The normalized spacial score (nSPS) is 20.6. The monoisotopic (exact) mass is 547 g/mol. The molecule has 4 rings (SSSR count). The van der Waals surface area contributed by atoms with Crippen molar-refractivity contribution in [3.8, 4) is 0 Å². The zero-order valence-electron chi connectivity index (χ0n) is 19.9. The van der Waals surface area contributed by atoms with Gasteiger partial charge in [-0.2, -0.15) is 0 Å². The second kappa shape index (κ2) is 11.6. The van der Waals surface area contributed by atoms with Gasteiger partial charge in [0.25, 0.3) is 5.91 Å². The Morgan fingerprint density at radius 2 is 1.68 bits per heavy atom. The molecule has 4 unspecified atom stereocenters. The van der Waals surface area contributed by atoms with Crippen LogP contribution in [0.4, 0.5) is 8.78 Å². The third-order valence-electron chi connectivity index (χ3n) is 6.43. The van der Waals surface area contributed by atoms with E-state index in [1.165, 1.54) is 29.2 Å². The van der Waals surface area contributed by atoms with Crippen LogP contribution in [0.3, 0.4) is 0 Å². The fourth-order valence-corrected chi connectivity index (χ4v) is 4.92. The molecule has 1 amide bonds.